The van der Waals surface area contributed by atoms with E-state index in [0.717, 1.165) is 18.4 Å². The number of amides is 2. The second kappa shape index (κ2) is 8.40. The highest BCUT2D eigenvalue weighted by atomic mass is 32.2. The molecule has 0 spiro atoms. The maximum absolute atomic E-state index is 12.9. The summed E-state index contributed by atoms with van der Waals surface area (Å²) in [4.78, 5) is 14.9. The van der Waals surface area contributed by atoms with Gasteiger partial charge in [0.25, 0.3) is 0 Å². The zero-order chi connectivity index (χ0) is 21.3. The summed E-state index contributed by atoms with van der Waals surface area (Å²) in [6.07, 6.45) is 3.17. The fraction of sp³-hybridized carbons (Fsp3) is 0.435. The Morgan fingerprint density at radius 2 is 1.70 bits per heavy atom. The molecule has 1 heterocycles. The Hall–Kier alpha value is -2.38. The van der Waals surface area contributed by atoms with Crippen LogP contribution in [0, 0.1) is 6.92 Å². The van der Waals surface area contributed by atoms with E-state index in [2.05, 4.69) is 17.4 Å². The van der Waals surface area contributed by atoms with Crippen molar-refractivity contribution in [2.45, 2.75) is 49.6 Å². The first-order valence-electron chi connectivity index (χ1n) is 10.5. The van der Waals surface area contributed by atoms with E-state index in [-0.39, 0.29) is 18.1 Å². The average Bonchev–Trinajstić information content (AvgIpc) is 3.18. The van der Waals surface area contributed by atoms with Crippen LogP contribution in [0.4, 0.5) is 4.79 Å². The number of fused-ring (bicyclic) bond motifs is 1. The van der Waals surface area contributed by atoms with Gasteiger partial charge in [0.05, 0.1) is 10.9 Å². The predicted octanol–water partition coefficient (Wildman–Crippen LogP) is 3.48. The van der Waals surface area contributed by atoms with Crippen molar-refractivity contribution in [1.29, 1.82) is 0 Å². The summed E-state index contributed by atoms with van der Waals surface area (Å²) in [5.41, 5.74) is 3.58. The van der Waals surface area contributed by atoms with Gasteiger partial charge in [0.1, 0.15) is 0 Å². The molecule has 1 aliphatic carbocycles. The van der Waals surface area contributed by atoms with Gasteiger partial charge in [-0.25, -0.2) is 13.2 Å². The molecule has 0 aromatic heterocycles. The first kappa shape index (κ1) is 20.9. The highest BCUT2D eigenvalue weighted by Crippen LogP contribution is 2.34. The number of rotatable bonds is 4. The van der Waals surface area contributed by atoms with Crippen LogP contribution in [0.25, 0.3) is 0 Å². The number of hydrogen-bond donors (Lipinski definition) is 1. The summed E-state index contributed by atoms with van der Waals surface area (Å²) in [6.45, 7) is 2.76. The Morgan fingerprint density at radius 3 is 2.40 bits per heavy atom. The van der Waals surface area contributed by atoms with E-state index in [1.165, 1.54) is 15.4 Å². The number of hydrogen-bond acceptors (Lipinski definition) is 3. The SMILES string of the molecule is Cc1ccc(S(=O)(=O)N2CCC(NC(=O)N(C)C3CCc4ccccc43)CC2)cc1. The lowest BCUT2D eigenvalue weighted by atomic mass is 10.1. The molecule has 1 atom stereocenters. The monoisotopic (exact) mass is 427 g/mol. The minimum atomic E-state index is -3.48. The van der Waals surface area contributed by atoms with Crippen molar-refractivity contribution in [3.63, 3.8) is 0 Å². The number of carbonyl (C=O) groups excluding carboxylic acids is 1. The van der Waals surface area contributed by atoms with Gasteiger partial charge in [-0.05, 0) is 55.9 Å². The Bertz CT molecular complexity index is 1010. The standard InChI is InChI=1S/C23H29N3O3S/c1-17-7-10-20(11-8-17)30(28,29)26-15-13-19(14-16-26)24-23(27)25(2)22-12-9-18-5-3-4-6-21(18)22/h3-8,10-11,19,22H,9,12-16H2,1-2H3,(H,24,27). The van der Waals surface area contributed by atoms with Gasteiger partial charge in [-0.3, -0.25) is 0 Å². The molecule has 0 bridgehead atoms. The Balaban J connectivity index is 1.33. The zero-order valence-corrected chi connectivity index (χ0v) is 18.4. The van der Waals surface area contributed by atoms with Gasteiger partial charge < -0.3 is 10.2 Å². The zero-order valence-electron chi connectivity index (χ0n) is 17.5. The molecule has 7 heteroatoms. The molecule has 2 aromatic carbocycles. The summed E-state index contributed by atoms with van der Waals surface area (Å²) < 4.78 is 27.2. The lowest BCUT2D eigenvalue weighted by Gasteiger charge is -2.33. The van der Waals surface area contributed by atoms with E-state index >= 15 is 0 Å². The number of urea groups is 1. The molecule has 1 saturated heterocycles. The smallest absolute Gasteiger partial charge is 0.317 e. The first-order valence-corrected chi connectivity index (χ1v) is 12.0. The highest BCUT2D eigenvalue weighted by molar-refractivity contribution is 7.89. The van der Waals surface area contributed by atoms with E-state index < -0.39 is 10.0 Å². The lowest BCUT2D eigenvalue weighted by Crippen LogP contribution is -2.49. The molecule has 160 valence electrons. The number of nitrogens with one attached hydrogen (secondary N) is 1. The van der Waals surface area contributed by atoms with Crippen molar-refractivity contribution in [1.82, 2.24) is 14.5 Å². The second-order valence-electron chi connectivity index (χ2n) is 8.31. The van der Waals surface area contributed by atoms with E-state index in [1.54, 1.807) is 17.0 Å². The number of piperidine rings is 1. The van der Waals surface area contributed by atoms with E-state index in [0.29, 0.717) is 30.8 Å². The third-order valence-electron chi connectivity index (χ3n) is 6.33. The van der Waals surface area contributed by atoms with Crippen molar-refractivity contribution in [3.8, 4) is 0 Å². The largest absolute Gasteiger partial charge is 0.335 e. The van der Waals surface area contributed by atoms with Crippen LogP contribution in [-0.2, 0) is 16.4 Å². The summed E-state index contributed by atoms with van der Waals surface area (Å²) in [6, 6.07) is 15.2. The molecule has 1 N–H and O–H groups in total. The van der Waals surface area contributed by atoms with Crippen molar-refractivity contribution in [2.24, 2.45) is 0 Å². The van der Waals surface area contributed by atoms with Gasteiger partial charge in [-0.15, -0.1) is 0 Å². The summed E-state index contributed by atoms with van der Waals surface area (Å²) in [7, 11) is -1.64. The van der Waals surface area contributed by atoms with Gasteiger partial charge in [0, 0.05) is 26.2 Å². The van der Waals surface area contributed by atoms with E-state index in [9.17, 15) is 13.2 Å². The van der Waals surface area contributed by atoms with Crippen LogP contribution in [0.2, 0.25) is 0 Å². The Kier molecular flexibility index (Phi) is 5.84. The third kappa shape index (κ3) is 4.09. The maximum Gasteiger partial charge on any atom is 0.317 e. The van der Waals surface area contributed by atoms with Crippen molar-refractivity contribution in [2.75, 3.05) is 20.1 Å². The van der Waals surface area contributed by atoms with Crippen molar-refractivity contribution in [3.05, 3.63) is 65.2 Å². The number of benzene rings is 2. The summed E-state index contributed by atoms with van der Waals surface area (Å²) >= 11 is 0. The molecule has 1 aliphatic heterocycles. The average molecular weight is 428 g/mol. The molecular formula is C23H29N3O3S. The van der Waals surface area contributed by atoms with Gasteiger partial charge >= 0.3 is 6.03 Å². The fourth-order valence-corrected chi connectivity index (χ4v) is 5.92. The lowest BCUT2D eigenvalue weighted by molar-refractivity contribution is 0.180. The molecule has 2 aliphatic rings. The van der Waals surface area contributed by atoms with Crippen LogP contribution in [0.15, 0.2) is 53.4 Å². The van der Waals surface area contributed by atoms with Gasteiger partial charge in [0.15, 0.2) is 0 Å². The Labute approximate surface area is 178 Å². The molecule has 6 nitrogen and oxygen atoms in total. The highest BCUT2D eigenvalue weighted by Gasteiger charge is 2.32. The molecule has 30 heavy (non-hydrogen) atoms. The van der Waals surface area contributed by atoms with Gasteiger partial charge in [-0.2, -0.15) is 4.31 Å². The third-order valence-corrected chi connectivity index (χ3v) is 8.24. The van der Waals surface area contributed by atoms with Crippen LogP contribution in [0.1, 0.15) is 42.0 Å². The maximum atomic E-state index is 12.9. The number of aryl methyl sites for hydroxylation is 2. The normalized spacial score (nSPS) is 20.0. The summed E-state index contributed by atoms with van der Waals surface area (Å²) in [5.74, 6) is 0. The van der Waals surface area contributed by atoms with Gasteiger partial charge in [0.2, 0.25) is 10.0 Å². The van der Waals surface area contributed by atoms with Crippen LogP contribution in [-0.4, -0.2) is 49.8 Å². The number of carbonyl (C=O) groups is 1. The topological polar surface area (TPSA) is 69.7 Å². The predicted molar refractivity (Wildman–Crippen MR) is 117 cm³/mol. The second-order valence-corrected chi connectivity index (χ2v) is 10.2. The van der Waals surface area contributed by atoms with Crippen LogP contribution in [0.5, 0.6) is 0 Å². The van der Waals surface area contributed by atoms with E-state index in [4.69, 9.17) is 0 Å². The molecule has 1 fully saturated rings. The van der Waals surface area contributed by atoms with Crippen LogP contribution < -0.4 is 5.32 Å². The molecule has 0 radical (unpaired) electrons. The van der Waals surface area contributed by atoms with E-state index in [1.807, 2.05) is 38.2 Å². The molecule has 2 amide bonds. The molecule has 1 unspecified atom stereocenters. The first-order chi connectivity index (χ1) is 14.4. The number of sulfonamides is 1. The molecular weight excluding hydrogens is 398 g/mol. The molecule has 0 saturated carbocycles. The number of nitrogens with zero attached hydrogens (tertiary/aromatic N) is 2. The minimum Gasteiger partial charge on any atom is -0.335 e. The minimum absolute atomic E-state index is 0.0129. The van der Waals surface area contributed by atoms with Gasteiger partial charge in [-0.1, -0.05) is 42.0 Å². The fourth-order valence-electron chi connectivity index (χ4n) is 4.45. The van der Waals surface area contributed by atoms with Crippen LogP contribution in [0.3, 0.4) is 0 Å². The van der Waals surface area contributed by atoms with Crippen molar-refractivity contribution < 1.29 is 13.2 Å². The Morgan fingerprint density at radius 1 is 1.03 bits per heavy atom. The quantitative estimate of drug-likeness (QED) is 0.812. The molecule has 2 aromatic rings. The van der Waals surface area contributed by atoms with Crippen LogP contribution >= 0.6 is 0 Å². The van der Waals surface area contributed by atoms with Crippen molar-refractivity contribution >= 4 is 16.1 Å². The summed E-state index contributed by atoms with van der Waals surface area (Å²) in [5, 5.41) is 3.11. The molecule has 4 rings (SSSR count).